The molecule has 0 saturated heterocycles. The third kappa shape index (κ3) is 3.90. The van der Waals surface area contributed by atoms with Crippen LogP contribution in [0, 0.1) is 5.92 Å². The summed E-state index contributed by atoms with van der Waals surface area (Å²) in [4.78, 5) is 8.58. The molecule has 1 aromatic rings. The molecule has 0 spiro atoms. The van der Waals surface area contributed by atoms with Crippen LogP contribution in [0.4, 0.5) is 0 Å². The summed E-state index contributed by atoms with van der Waals surface area (Å²) in [5.74, 6) is 2.03. The summed E-state index contributed by atoms with van der Waals surface area (Å²) in [6.45, 7) is 1.19. The van der Waals surface area contributed by atoms with Gasteiger partial charge in [-0.1, -0.05) is 6.07 Å². The van der Waals surface area contributed by atoms with E-state index in [1.54, 1.807) is 7.11 Å². The number of hydroxylamine groups is 1. The number of carbonyl (C=O) groups excluding carboxylic acids is 1. The Labute approximate surface area is 106 Å². The van der Waals surface area contributed by atoms with E-state index in [1.807, 2.05) is 18.2 Å². The highest BCUT2D eigenvalue weighted by molar-refractivity contribution is 5.42. The standard InChI is InChI=1S/C11H15NO3.CH3NO/c1-14-10-3-2-9-4-8(6-12-13)7-15-11(9)5-10;2-1-3/h2-3,5,8,12-13H,4,6-7H2,1H3;1H,(H2,2,3). The third-order valence-electron chi connectivity index (χ3n) is 2.64. The van der Waals surface area contributed by atoms with Gasteiger partial charge in [-0.15, -0.1) is 0 Å². The Morgan fingerprint density at radius 2 is 2.39 bits per heavy atom. The number of carbonyl (C=O) groups is 1. The normalized spacial score (nSPS) is 16.7. The van der Waals surface area contributed by atoms with Crippen molar-refractivity contribution in [2.24, 2.45) is 11.7 Å². The Morgan fingerprint density at radius 1 is 1.67 bits per heavy atom. The molecule has 0 radical (unpaired) electrons. The van der Waals surface area contributed by atoms with Crippen molar-refractivity contribution in [1.29, 1.82) is 0 Å². The van der Waals surface area contributed by atoms with Gasteiger partial charge in [0.25, 0.3) is 0 Å². The second-order valence-corrected chi connectivity index (χ2v) is 3.85. The highest BCUT2D eigenvalue weighted by Gasteiger charge is 2.19. The average molecular weight is 254 g/mol. The fourth-order valence-electron chi connectivity index (χ4n) is 1.80. The van der Waals surface area contributed by atoms with Gasteiger partial charge >= 0.3 is 0 Å². The molecule has 1 aliphatic rings. The van der Waals surface area contributed by atoms with Crippen LogP contribution in [0.5, 0.6) is 11.5 Å². The van der Waals surface area contributed by atoms with Crippen LogP contribution in [0.2, 0.25) is 0 Å². The molecule has 0 aliphatic carbocycles. The quantitative estimate of drug-likeness (QED) is 0.533. The number of fused-ring (bicyclic) bond motifs is 1. The molecule has 1 atom stereocenters. The molecule has 18 heavy (non-hydrogen) atoms. The molecule has 0 fully saturated rings. The number of hydrogen-bond donors (Lipinski definition) is 3. The molecule has 1 unspecified atom stereocenters. The molecule has 0 aromatic heterocycles. The van der Waals surface area contributed by atoms with Crippen LogP contribution in [0.1, 0.15) is 5.56 Å². The van der Waals surface area contributed by atoms with Gasteiger partial charge < -0.3 is 20.4 Å². The van der Waals surface area contributed by atoms with Crippen molar-refractivity contribution in [3.8, 4) is 11.5 Å². The minimum absolute atomic E-state index is 0.250. The number of rotatable bonds is 3. The van der Waals surface area contributed by atoms with Gasteiger partial charge in [0, 0.05) is 18.5 Å². The lowest BCUT2D eigenvalue weighted by atomic mass is 9.97. The van der Waals surface area contributed by atoms with Gasteiger partial charge in [-0.2, -0.15) is 0 Å². The van der Waals surface area contributed by atoms with Gasteiger partial charge in [-0.25, -0.2) is 5.48 Å². The number of nitrogens with two attached hydrogens (primary N) is 1. The van der Waals surface area contributed by atoms with Gasteiger partial charge in [0.05, 0.1) is 13.7 Å². The minimum atomic E-state index is 0.250. The summed E-state index contributed by atoms with van der Waals surface area (Å²) in [5, 5.41) is 8.62. The molecule has 2 rings (SSSR count). The summed E-state index contributed by atoms with van der Waals surface area (Å²) >= 11 is 0. The number of methoxy groups -OCH3 is 1. The van der Waals surface area contributed by atoms with Gasteiger partial charge in [0.2, 0.25) is 6.41 Å². The zero-order chi connectivity index (χ0) is 13.4. The minimum Gasteiger partial charge on any atom is -0.497 e. The highest BCUT2D eigenvalue weighted by atomic mass is 16.5. The van der Waals surface area contributed by atoms with Crippen molar-refractivity contribution in [2.75, 3.05) is 20.3 Å². The van der Waals surface area contributed by atoms with Crippen molar-refractivity contribution in [2.45, 2.75) is 6.42 Å². The van der Waals surface area contributed by atoms with Crippen LogP contribution >= 0.6 is 0 Å². The van der Waals surface area contributed by atoms with Crippen LogP contribution in [0.25, 0.3) is 0 Å². The summed E-state index contributed by atoms with van der Waals surface area (Å²) in [5.41, 5.74) is 7.52. The van der Waals surface area contributed by atoms with Crippen molar-refractivity contribution >= 4 is 6.41 Å². The van der Waals surface area contributed by atoms with E-state index in [9.17, 15) is 0 Å². The maximum Gasteiger partial charge on any atom is 0.204 e. The summed E-state index contributed by atoms with van der Waals surface area (Å²) in [7, 11) is 1.64. The summed E-state index contributed by atoms with van der Waals surface area (Å²) < 4.78 is 10.7. The Morgan fingerprint density at radius 3 is 3.00 bits per heavy atom. The lowest BCUT2D eigenvalue weighted by Crippen LogP contribution is -2.29. The first-order valence-corrected chi connectivity index (χ1v) is 5.57. The largest absolute Gasteiger partial charge is 0.497 e. The molecule has 1 heterocycles. The van der Waals surface area contributed by atoms with Crippen LogP contribution in [0.15, 0.2) is 18.2 Å². The van der Waals surface area contributed by atoms with E-state index in [-0.39, 0.29) is 6.41 Å². The Kier molecular flexibility index (Phi) is 5.96. The second-order valence-electron chi connectivity index (χ2n) is 3.85. The van der Waals surface area contributed by atoms with Crippen LogP contribution in [-0.2, 0) is 11.2 Å². The monoisotopic (exact) mass is 254 g/mol. The molecule has 0 bridgehead atoms. The second kappa shape index (κ2) is 7.52. The molecule has 6 nitrogen and oxygen atoms in total. The van der Waals surface area contributed by atoms with Crippen molar-refractivity contribution in [1.82, 2.24) is 5.48 Å². The fourth-order valence-corrected chi connectivity index (χ4v) is 1.80. The van der Waals surface area contributed by atoms with Gasteiger partial charge in [-0.05, 0) is 18.1 Å². The zero-order valence-electron chi connectivity index (χ0n) is 10.3. The number of ether oxygens (including phenoxy) is 2. The van der Waals surface area contributed by atoms with E-state index in [4.69, 9.17) is 19.5 Å². The van der Waals surface area contributed by atoms with Crippen molar-refractivity contribution < 1.29 is 19.5 Å². The van der Waals surface area contributed by atoms with E-state index >= 15 is 0 Å². The smallest absolute Gasteiger partial charge is 0.204 e. The Bertz CT molecular complexity index is 384. The number of amides is 1. The Hall–Kier alpha value is -1.79. The molecule has 6 heteroatoms. The lowest BCUT2D eigenvalue weighted by Gasteiger charge is -2.25. The number of primary amides is 1. The van der Waals surface area contributed by atoms with E-state index in [1.165, 1.54) is 5.56 Å². The lowest BCUT2D eigenvalue weighted by molar-refractivity contribution is -0.106. The fraction of sp³-hybridized carbons (Fsp3) is 0.417. The Balaban J connectivity index is 0.000000492. The highest BCUT2D eigenvalue weighted by Crippen LogP contribution is 2.30. The maximum absolute atomic E-state index is 8.62. The van der Waals surface area contributed by atoms with Crippen LogP contribution < -0.4 is 20.7 Å². The van der Waals surface area contributed by atoms with Crippen molar-refractivity contribution in [3.05, 3.63) is 23.8 Å². The number of benzene rings is 1. The third-order valence-corrected chi connectivity index (χ3v) is 2.64. The average Bonchev–Trinajstić information content (AvgIpc) is 2.39. The predicted octanol–water partition coefficient (Wildman–Crippen LogP) is 0.327. The molecule has 1 aliphatic heterocycles. The van der Waals surface area contributed by atoms with E-state index in [0.29, 0.717) is 19.1 Å². The van der Waals surface area contributed by atoms with Crippen LogP contribution in [0.3, 0.4) is 0 Å². The molecule has 4 N–H and O–H groups in total. The van der Waals surface area contributed by atoms with Gasteiger partial charge in [0.1, 0.15) is 11.5 Å². The first-order valence-electron chi connectivity index (χ1n) is 5.57. The predicted molar refractivity (Wildman–Crippen MR) is 65.7 cm³/mol. The molecule has 1 amide bonds. The summed E-state index contributed by atoms with van der Waals surface area (Å²) in [6, 6.07) is 5.84. The first-order chi connectivity index (χ1) is 8.74. The molecular weight excluding hydrogens is 236 g/mol. The first kappa shape index (κ1) is 14.3. The van der Waals surface area contributed by atoms with Crippen LogP contribution in [-0.4, -0.2) is 31.9 Å². The van der Waals surface area contributed by atoms with Gasteiger partial charge in [0.15, 0.2) is 0 Å². The van der Waals surface area contributed by atoms with Gasteiger partial charge in [-0.3, -0.25) is 4.79 Å². The van der Waals surface area contributed by atoms with E-state index < -0.39 is 0 Å². The summed E-state index contributed by atoms with van der Waals surface area (Å²) in [6.07, 6.45) is 1.17. The van der Waals surface area contributed by atoms with E-state index in [2.05, 4.69) is 11.2 Å². The molecule has 0 saturated carbocycles. The molecule has 1 aromatic carbocycles. The van der Waals surface area contributed by atoms with E-state index in [0.717, 1.165) is 17.9 Å². The molecular formula is C12H18N2O4. The topological polar surface area (TPSA) is 93.8 Å². The number of nitrogens with one attached hydrogen (secondary N) is 1. The molecule has 100 valence electrons. The zero-order valence-corrected chi connectivity index (χ0v) is 10.3. The number of hydrogen-bond acceptors (Lipinski definition) is 5. The van der Waals surface area contributed by atoms with Crippen molar-refractivity contribution in [3.63, 3.8) is 0 Å². The SMILES string of the molecule is COc1ccc2c(c1)OCC(CNO)C2.NC=O. The maximum atomic E-state index is 8.62.